The highest BCUT2D eigenvalue weighted by molar-refractivity contribution is 5.91. The van der Waals surface area contributed by atoms with Gasteiger partial charge in [-0.15, -0.1) is 0 Å². The molecular formula is C25H22FNO4. The number of hydrogen-bond acceptors (Lipinski definition) is 4. The van der Waals surface area contributed by atoms with E-state index in [0.29, 0.717) is 31.1 Å². The fraction of sp³-hybridized carbons (Fsp3) is 0.200. The van der Waals surface area contributed by atoms with Crippen molar-refractivity contribution in [1.29, 1.82) is 0 Å². The van der Waals surface area contributed by atoms with E-state index in [1.807, 2.05) is 43.3 Å². The highest BCUT2D eigenvalue weighted by Crippen LogP contribution is 2.29. The second-order valence-corrected chi connectivity index (χ2v) is 7.29. The first-order valence-electron chi connectivity index (χ1n) is 10.1. The number of fused-ring (bicyclic) bond motifs is 1. The standard InChI is InChI=1S/C25H22FNO4/c1-16-22(27-25(31-16)18-8-11-19(26)12-9-18)14-15-30-23-7-3-5-20-17(10-13-24(28)29)4-2-6-21(20)23/h2-9,11-12H,10,13-15H2,1H3,(H,28,29). The van der Waals surface area contributed by atoms with Crippen LogP contribution in [-0.2, 0) is 17.6 Å². The Morgan fingerprint density at radius 1 is 1.03 bits per heavy atom. The van der Waals surface area contributed by atoms with Crippen molar-refractivity contribution >= 4 is 16.7 Å². The Kier molecular flexibility index (Phi) is 5.98. The molecule has 0 amide bonds. The number of hydrogen-bond donors (Lipinski definition) is 1. The van der Waals surface area contributed by atoms with Gasteiger partial charge in [-0.3, -0.25) is 4.79 Å². The van der Waals surface area contributed by atoms with Gasteiger partial charge in [-0.2, -0.15) is 0 Å². The Morgan fingerprint density at radius 2 is 1.77 bits per heavy atom. The molecule has 0 bridgehead atoms. The SMILES string of the molecule is Cc1oc(-c2ccc(F)cc2)nc1CCOc1cccc2c(CCC(=O)O)cccc12. The number of aryl methyl sites for hydroxylation is 2. The van der Waals surface area contributed by atoms with Gasteiger partial charge in [-0.05, 0) is 54.6 Å². The summed E-state index contributed by atoms with van der Waals surface area (Å²) < 4.78 is 24.9. The second-order valence-electron chi connectivity index (χ2n) is 7.29. The Bertz CT molecular complexity index is 1210. The Morgan fingerprint density at radius 3 is 2.55 bits per heavy atom. The minimum atomic E-state index is -0.813. The molecule has 0 radical (unpaired) electrons. The first-order valence-corrected chi connectivity index (χ1v) is 10.1. The summed E-state index contributed by atoms with van der Waals surface area (Å²) in [6.45, 7) is 2.26. The van der Waals surface area contributed by atoms with Crippen LogP contribution in [0.2, 0.25) is 0 Å². The van der Waals surface area contributed by atoms with Gasteiger partial charge in [0.2, 0.25) is 5.89 Å². The van der Waals surface area contributed by atoms with Gasteiger partial charge in [0.05, 0.1) is 12.3 Å². The zero-order valence-corrected chi connectivity index (χ0v) is 17.1. The summed E-state index contributed by atoms with van der Waals surface area (Å²) in [5, 5.41) is 10.9. The predicted molar refractivity (Wildman–Crippen MR) is 116 cm³/mol. The second kappa shape index (κ2) is 9.00. The molecule has 1 aromatic heterocycles. The van der Waals surface area contributed by atoms with Gasteiger partial charge >= 0.3 is 5.97 Å². The van der Waals surface area contributed by atoms with Crippen molar-refractivity contribution in [1.82, 2.24) is 4.98 Å². The molecule has 0 saturated heterocycles. The van der Waals surface area contributed by atoms with Crippen LogP contribution in [0.25, 0.3) is 22.2 Å². The van der Waals surface area contributed by atoms with Crippen molar-refractivity contribution in [2.45, 2.75) is 26.2 Å². The van der Waals surface area contributed by atoms with E-state index in [2.05, 4.69) is 4.98 Å². The summed E-state index contributed by atoms with van der Waals surface area (Å²) in [4.78, 5) is 15.5. The molecule has 0 aliphatic heterocycles. The molecule has 1 heterocycles. The maximum absolute atomic E-state index is 13.1. The van der Waals surface area contributed by atoms with Crippen molar-refractivity contribution in [2.75, 3.05) is 6.61 Å². The van der Waals surface area contributed by atoms with Gasteiger partial charge in [0.25, 0.3) is 0 Å². The molecule has 158 valence electrons. The lowest BCUT2D eigenvalue weighted by Crippen LogP contribution is -2.03. The average molecular weight is 419 g/mol. The number of carbonyl (C=O) groups is 1. The van der Waals surface area contributed by atoms with Crippen molar-refractivity contribution in [3.8, 4) is 17.2 Å². The molecule has 31 heavy (non-hydrogen) atoms. The first-order chi connectivity index (χ1) is 15.0. The molecule has 0 atom stereocenters. The molecule has 0 fully saturated rings. The third-order valence-electron chi connectivity index (χ3n) is 5.16. The van der Waals surface area contributed by atoms with Crippen molar-refractivity contribution < 1.29 is 23.4 Å². The predicted octanol–water partition coefficient (Wildman–Crippen LogP) is 5.58. The number of carboxylic acid groups (broad SMARTS) is 1. The van der Waals surface area contributed by atoms with Gasteiger partial charge in [-0.25, -0.2) is 9.37 Å². The zero-order valence-electron chi connectivity index (χ0n) is 17.1. The lowest BCUT2D eigenvalue weighted by Gasteiger charge is -2.11. The Balaban J connectivity index is 1.47. The average Bonchev–Trinajstić information content (AvgIpc) is 3.13. The molecule has 0 spiro atoms. The van der Waals surface area contributed by atoms with Gasteiger partial charge < -0.3 is 14.3 Å². The smallest absolute Gasteiger partial charge is 0.303 e. The normalized spacial score (nSPS) is 11.0. The number of ether oxygens (including phenoxy) is 1. The van der Waals surface area contributed by atoms with Crippen molar-refractivity contribution in [3.05, 3.63) is 83.5 Å². The third kappa shape index (κ3) is 4.74. The minimum absolute atomic E-state index is 0.0893. The van der Waals surface area contributed by atoms with Crippen LogP contribution in [0.1, 0.15) is 23.4 Å². The highest BCUT2D eigenvalue weighted by atomic mass is 19.1. The van der Waals surface area contributed by atoms with Crippen LogP contribution in [0.5, 0.6) is 5.75 Å². The molecule has 6 heteroatoms. The fourth-order valence-corrected chi connectivity index (χ4v) is 3.57. The Hall–Kier alpha value is -3.67. The lowest BCUT2D eigenvalue weighted by atomic mass is 10.0. The van der Waals surface area contributed by atoms with Gasteiger partial charge in [0, 0.05) is 23.8 Å². The molecule has 0 saturated carbocycles. The van der Waals surface area contributed by atoms with Crippen LogP contribution in [0, 0.1) is 12.7 Å². The number of rotatable bonds is 8. The summed E-state index contributed by atoms with van der Waals surface area (Å²) in [7, 11) is 0. The van der Waals surface area contributed by atoms with E-state index >= 15 is 0 Å². The fourth-order valence-electron chi connectivity index (χ4n) is 3.57. The number of halogens is 1. The number of carboxylic acids is 1. The number of aliphatic carboxylic acids is 1. The van der Waals surface area contributed by atoms with Crippen molar-refractivity contribution in [2.24, 2.45) is 0 Å². The van der Waals surface area contributed by atoms with Gasteiger partial charge in [-0.1, -0.05) is 30.3 Å². The van der Waals surface area contributed by atoms with Gasteiger partial charge in [0.1, 0.15) is 17.3 Å². The van der Waals surface area contributed by atoms with E-state index in [-0.39, 0.29) is 12.2 Å². The minimum Gasteiger partial charge on any atom is -0.493 e. The zero-order chi connectivity index (χ0) is 21.8. The number of oxazole rings is 1. The van der Waals surface area contributed by atoms with Crippen LogP contribution in [0.15, 0.2) is 65.1 Å². The van der Waals surface area contributed by atoms with Crippen LogP contribution in [-0.4, -0.2) is 22.7 Å². The maximum Gasteiger partial charge on any atom is 0.303 e. The monoisotopic (exact) mass is 419 g/mol. The molecule has 0 aliphatic rings. The van der Waals surface area contributed by atoms with E-state index in [1.165, 1.54) is 12.1 Å². The van der Waals surface area contributed by atoms with Crippen LogP contribution >= 0.6 is 0 Å². The summed E-state index contributed by atoms with van der Waals surface area (Å²) in [6.07, 6.45) is 1.12. The molecule has 1 N–H and O–H groups in total. The number of aromatic nitrogens is 1. The largest absolute Gasteiger partial charge is 0.493 e. The highest BCUT2D eigenvalue weighted by Gasteiger charge is 2.13. The molecule has 0 unspecified atom stereocenters. The quantitative estimate of drug-likeness (QED) is 0.404. The summed E-state index contributed by atoms with van der Waals surface area (Å²) in [5.74, 6) is 0.793. The van der Waals surface area contributed by atoms with Gasteiger partial charge in [0.15, 0.2) is 0 Å². The molecular weight excluding hydrogens is 397 g/mol. The summed E-state index contributed by atoms with van der Waals surface area (Å²) in [5.41, 5.74) is 2.50. The van der Waals surface area contributed by atoms with Crippen LogP contribution < -0.4 is 4.74 Å². The molecule has 0 aliphatic carbocycles. The molecule has 5 nitrogen and oxygen atoms in total. The molecule has 3 aromatic carbocycles. The van der Waals surface area contributed by atoms with E-state index in [0.717, 1.165) is 33.3 Å². The lowest BCUT2D eigenvalue weighted by molar-refractivity contribution is -0.136. The van der Waals surface area contributed by atoms with E-state index in [1.54, 1.807) is 12.1 Å². The van der Waals surface area contributed by atoms with E-state index < -0.39 is 5.97 Å². The molecule has 4 rings (SSSR count). The number of nitrogens with zero attached hydrogens (tertiary/aromatic N) is 1. The Labute approximate surface area is 179 Å². The first kappa shape index (κ1) is 20.6. The summed E-state index contributed by atoms with van der Waals surface area (Å²) in [6, 6.07) is 17.7. The maximum atomic E-state index is 13.1. The molecule has 4 aromatic rings. The number of benzene rings is 3. The topological polar surface area (TPSA) is 72.6 Å². The van der Waals surface area contributed by atoms with Crippen LogP contribution in [0.3, 0.4) is 0 Å². The summed E-state index contributed by atoms with van der Waals surface area (Å²) >= 11 is 0. The van der Waals surface area contributed by atoms with E-state index in [4.69, 9.17) is 14.3 Å². The van der Waals surface area contributed by atoms with Crippen LogP contribution in [0.4, 0.5) is 4.39 Å². The third-order valence-corrected chi connectivity index (χ3v) is 5.16. The van der Waals surface area contributed by atoms with E-state index in [9.17, 15) is 9.18 Å². The van der Waals surface area contributed by atoms with Crippen molar-refractivity contribution in [3.63, 3.8) is 0 Å².